The van der Waals surface area contributed by atoms with Crippen LogP contribution in [0.1, 0.15) is 48.8 Å². The molecule has 10 heteroatoms. The smallest absolute Gasteiger partial charge is 0.352 e. The average Bonchev–Trinajstić information content (AvgIpc) is 3.24. The fourth-order valence-electron chi connectivity index (χ4n) is 3.67. The molecule has 0 spiro atoms. The number of amides is 1. The van der Waals surface area contributed by atoms with E-state index in [1.165, 1.54) is 29.8 Å². The van der Waals surface area contributed by atoms with Crippen molar-refractivity contribution in [3.63, 3.8) is 0 Å². The molecule has 3 rings (SSSR count). The molecule has 1 aromatic carbocycles. The van der Waals surface area contributed by atoms with Gasteiger partial charge in [-0.25, -0.2) is 9.97 Å². The fraction of sp³-hybridized carbons (Fsp3) is 0.333. The Morgan fingerprint density at radius 1 is 1.24 bits per heavy atom. The molecule has 2 heterocycles. The third kappa shape index (κ3) is 5.11. The minimum Gasteiger partial charge on any atom is -0.352 e. The first-order valence-corrected chi connectivity index (χ1v) is 11.0. The number of aromatic nitrogens is 3. The van der Waals surface area contributed by atoms with Gasteiger partial charge in [-0.1, -0.05) is 19.9 Å². The number of alkyl halides is 3. The van der Waals surface area contributed by atoms with E-state index in [0.717, 1.165) is 19.0 Å². The van der Waals surface area contributed by atoms with E-state index in [4.69, 9.17) is 0 Å². The number of hydrogen-bond acceptors (Lipinski definition) is 5. The average molecular weight is 473 g/mol. The van der Waals surface area contributed by atoms with E-state index in [9.17, 15) is 18.0 Å². The van der Waals surface area contributed by atoms with Gasteiger partial charge in [-0.15, -0.1) is 0 Å². The summed E-state index contributed by atoms with van der Waals surface area (Å²) < 4.78 is 42.0. The van der Waals surface area contributed by atoms with Crippen molar-refractivity contribution < 1.29 is 18.0 Å². The van der Waals surface area contributed by atoms with Gasteiger partial charge in [0.05, 0.1) is 11.9 Å². The molecule has 0 bridgehead atoms. The summed E-state index contributed by atoms with van der Waals surface area (Å²) in [6, 6.07) is 5.37. The van der Waals surface area contributed by atoms with Gasteiger partial charge in [-0.3, -0.25) is 14.2 Å². The van der Waals surface area contributed by atoms with Crippen LogP contribution in [-0.4, -0.2) is 45.8 Å². The molecule has 0 radical (unpaired) electrons. The lowest BCUT2D eigenvalue weighted by molar-refractivity contribution is -0.0572. The number of carbonyl (C=O) groups is 1. The van der Waals surface area contributed by atoms with Gasteiger partial charge in [0.25, 0.3) is 5.91 Å². The number of aliphatic imine (C=N–C) groups is 1. The largest absolute Gasteiger partial charge is 0.433 e. The Bertz CT molecular complexity index is 1240. The van der Waals surface area contributed by atoms with Crippen molar-refractivity contribution in [3.8, 4) is 0 Å². The molecule has 0 atom stereocenters. The summed E-state index contributed by atoms with van der Waals surface area (Å²) in [6.45, 7) is 6.07. The summed E-state index contributed by atoms with van der Waals surface area (Å²) in [5.74, 6) is 0.247. The molecule has 1 amide bonds. The molecule has 34 heavy (non-hydrogen) atoms. The van der Waals surface area contributed by atoms with Crippen LogP contribution in [0.3, 0.4) is 0 Å². The van der Waals surface area contributed by atoms with E-state index in [1.807, 2.05) is 19.9 Å². The second-order valence-electron chi connectivity index (χ2n) is 7.49. The van der Waals surface area contributed by atoms with E-state index >= 15 is 0 Å². The number of rotatable bonds is 8. The highest BCUT2D eigenvalue weighted by Gasteiger charge is 2.38. The van der Waals surface area contributed by atoms with Crippen LogP contribution in [0.15, 0.2) is 47.9 Å². The first-order valence-electron chi connectivity index (χ1n) is 11.0. The summed E-state index contributed by atoms with van der Waals surface area (Å²) in [5, 5.41) is 6.06. The molecule has 2 N–H and O–H groups in total. The highest BCUT2D eigenvalue weighted by molar-refractivity contribution is 6.26. The van der Waals surface area contributed by atoms with Crippen LogP contribution in [0.5, 0.6) is 0 Å². The second-order valence-corrected chi connectivity index (χ2v) is 7.49. The van der Waals surface area contributed by atoms with Crippen LogP contribution in [0, 0.1) is 0 Å². The molecule has 7 nitrogen and oxygen atoms in total. The minimum absolute atomic E-state index is 0.0737. The number of halogens is 3. The molecule has 3 aromatic rings. The first-order chi connectivity index (χ1) is 16.2. The molecule has 2 aromatic heterocycles. The number of fused-ring (bicyclic) bond motifs is 1. The lowest BCUT2D eigenvalue weighted by Gasteiger charge is -2.14. The topological polar surface area (TPSA) is 83.7 Å². The summed E-state index contributed by atoms with van der Waals surface area (Å²) in [5.41, 5.74) is 1.71. The van der Waals surface area contributed by atoms with Crippen LogP contribution in [0.25, 0.3) is 11.2 Å². The van der Waals surface area contributed by atoms with Crippen molar-refractivity contribution >= 4 is 34.3 Å². The van der Waals surface area contributed by atoms with Gasteiger partial charge in [0.2, 0.25) is 0 Å². The van der Waals surface area contributed by atoms with Crippen LogP contribution >= 0.6 is 0 Å². The van der Waals surface area contributed by atoms with Crippen molar-refractivity contribution in [2.24, 2.45) is 4.99 Å². The minimum atomic E-state index is -4.60. The molecular formula is C24H27F3N6O. The molecule has 0 fully saturated rings. The Kier molecular flexibility index (Phi) is 7.70. The van der Waals surface area contributed by atoms with Crippen molar-refractivity contribution in [2.45, 2.75) is 39.8 Å². The summed E-state index contributed by atoms with van der Waals surface area (Å²) in [6.07, 6.45) is 2.66. The van der Waals surface area contributed by atoms with E-state index in [0.29, 0.717) is 35.7 Å². The second kappa shape index (κ2) is 10.5. The predicted octanol–water partition coefficient (Wildman–Crippen LogP) is 5.21. The number of anilines is 2. The Balaban J connectivity index is 1.97. The van der Waals surface area contributed by atoms with Crippen molar-refractivity contribution in [1.29, 1.82) is 0 Å². The lowest BCUT2D eigenvalue weighted by Crippen LogP contribution is -2.25. The normalized spacial score (nSPS) is 12.8. The highest BCUT2D eigenvalue weighted by atomic mass is 19.4. The van der Waals surface area contributed by atoms with Gasteiger partial charge < -0.3 is 10.6 Å². The maximum atomic E-state index is 13.5. The standard InChI is InChI=1S/C24H27F3N6O/c1-5-10-30-23(34)18-9-8-16(13-15(18)6-2)32-21-22-31-14-19(33(22)12-11-29-21)17(7-3)20(28-4)24(25,26)27/h7-9,11-14H,5-6,10H2,1-4H3,(H,29,32)(H,30,34)/b17-7-,28-20?. The highest BCUT2D eigenvalue weighted by Crippen LogP contribution is 2.30. The number of aryl methyl sites for hydroxylation is 1. The summed E-state index contributed by atoms with van der Waals surface area (Å²) in [4.78, 5) is 24.5. The molecule has 0 aliphatic heterocycles. The van der Waals surface area contributed by atoms with Gasteiger partial charge in [0.1, 0.15) is 5.71 Å². The van der Waals surface area contributed by atoms with Crippen LogP contribution in [0.4, 0.5) is 24.7 Å². The predicted molar refractivity (Wildman–Crippen MR) is 128 cm³/mol. The molecule has 0 unspecified atom stereocenters. The summed E-state index contributed by atoms with van der Waals surface area (Å²) in [7, 11) is 1.11. The zero-order valence-electron chi connectivity index (χ0n) is 19.5. The zero-order valence-corrected chi connectivity index (χ0v) is 19.5. The van der Waals surface area contributed by atoms with Crippen LogP contribution < -0.4 is 10.6 Å². The Hall–Kier alpha value is -3.69. The van der Waals surface area contributed by atoms with E-state index in [-0.39, 0.29) is 17.2 Å². The SMILES string of the molecule is C/C=C(\C(=NC)C(F)(F)F)c1cnc2c(Nc3ccc(C(=O)NCCC)c(CC)c3)nccn12. The quantitative estimate of drug-likeness (QED) is 0.441. The van der Waals surface area contributed by atoms with Crippen LogP contribution in [-0.2, 0) is 6.42 Å². The number of nitrogens with zero attached hydrogens (tertiary/aromatic N) is 4. The van der Waals surface area contributed by atoms with Gasteiger partial charge >= 0.3 is 6.18 Å². The Morgan fingerprint density at radius 2 is 2.00 bits per heavy atom. The summed E-state index contributed by atoms with van der Waals surface area (Å²) >= 11 is 0. The van der Waals surface area contributed by atoms with Crippen molar-refractivity contribution in [3.05, 3.63) is 59.7 Å². The van der Waals surface area contributed by atoms with Crippen LogP contribution in [0.2, 0.25) is 0 Å². The molecule has 0 saturated heterocycles. The van der Waals surface area contributed by atoms with E-state index in [2.05, 4.69) is 25.6 Å². The number of carbonyl (C=O) groups excluding carboxylic acids is 1. The van der Waals surface area contributed by atoms with Gasteiger partial charge in [-0.2, -0.15) is 13.2 Å². The number of hydrogen-bond donors (Lipinski definition) is 2. The molecule has 0 aliphatic carbocycles. The monoisotopic (exact) mass is 472 g/mol. The Morgan fingerprint density at radius 3 is 2.62 bits per heavy atom. The van der Waals surface area contributed by atoms with Gasteiger partial charge in [-0.05, 0) is 43.5 Å². The van der Waals surface area contributed by atoms with Gasteiger partial charge in [0, 0.05) is 42.8 Å². The number of nitrogens with one attached hydrogen (secondary N) is 2. The molecule has 0 saturated carbocycles. The maximum absolute atomic E-state index is 13.5. The molecule has 0 aliphatic rings. The van der Waals surface area contributed by atoms with Crippen molar-refractivity contribution in [2.75, 3.05) is 18.9 Å². The fourth-order valence-corrected chi connectivity index (χ4v) is 3.67. The van der Waals surface area contributed by atoms with Gasteiger partial charge in [0.15, 0.2) is 11.5 Å². The zero-order chi connectivity index (χ0) is 24.9. The number of allylic oxidation sites excluding steroid dienone is 2. The third-order valence-electron chi connectivity index (χ3n) is 5.27. The first kappa shape index (κ1) is 24.9. The molecular weight excluding hydrogens is 445 g/mol. The lowest BCUT2D eigenvalue weighted by atomic mass is 10.0. The van der Waals surface area contributed by atoms with E-state index in [1.54, 1.807) is 18.3 Å². The van der Waals surface area contributed by atoms with Crippen molar-refractivity contribution in [1.82, 2.24) is 19.7 Å². The third-order valence-corrected chi connectivity index (χ3v) is 5.27. The molecule has 180 valence electrons. The number of benzene rings is 1. The maximum Gasteiger partial charge on any atom is 0.433 e. The number of imidazole rings is 1. The van der Waals surface area contributed by atoms with E-state index < -0.39 is 11.9 Å². The Labute approximate surface area is 195 Å².